The lowest BCUT2D eigenvalue weighted by Crippen LogP contribution is -2.25. The molecular weight excluding hydrogens is 156 g/mol. The quantitative estimate of drug-likeness (QED) is 0.496. The van der Waals surface area contributed by atoms with Crippen molar-refractivity contribution in [3.05, 3.63) is 0 Å². The Labute approximate surface area is 74.0 Å². The predicted molar refractivity (Wildman–Crippen MR) is 47.8 cm³/mol. The Morgan fingerprint density at radius 3 is 1.92 bits per heavy atom. The van der Waals surface area contributed by atoms with E-state index < -0.39 is 0 Å². The fourth-order valence-corrected chi connectivity index (χ4v) is 1.05. The zero-order chi connectivity index (χ0) is 9.45. The zero-order valence-corrected chi connectivity index (χ0v) is 7.79. The monoisotopic (exact) mass is 176 g/mol. The number of unbranched alkanes of at least 4 members (excludes halogenated alkanes) is 2. The van der Waals surface area contributed by atoms with Crippen LogP contribution in [0.2, 0.25) is 0 Å². The van der Waals surface area contributed by atoms with Gasteiger partial charge < -0.3 is 15.3 Å². The van der Waals surface area contributed by atoms with Crippen molar-refractivity contribution < 1.29 is 15.3 Å². The fraction of sp³-hybridized carbons (Fsp3) is 1.00. The summed E-state index contributed by atoms with van der Waals surface area (Å²) in [5, 5.41) is 26.4. The highest BCUT2D eigenvalue weighted by Gasteiger charge is 2.21. The van der Waals surface area contributed by atoms with Crippen LogP contribution in [-0.2, 0) is 0 Å². The van der Waals surface area contributed by atoms with Crippen molar-refractivity contribution in [3.8, 4) is 0 Å². The van der Waals surface area contributed by atoms with E-state index in [1.807, 2.05) is 6.92 Å². The Kier molecular flexibility index (Phi) is 6.34. The molecule has 0 aliphatic heterocycles. The van der Waals surface area contributed by atoms with Crippen LogP contribution in [-0.4, -0.2) is 35.1 Å². The molecule has 0 aliphatic rings. The van der Waals surface area contributed by atoms with Gasteiger partial charge in [0.1, 0.15) is 0 Å². The molecule has 0 atom stereocenters. The summed E-state index contributed by atoms with van der Waals surface area (Å²) < 4.78 is 0. The van der Waals surface area contributed by atoms with Crippen molar-refractivity contribution in [3.63, 3.8) is 0 Å². The first-order chi connectivity index (χ1) is 5.68. The minimum Gasteiger partial charge on any atom is -0.396 e. The molecule has 74 valence electrons. The molecule has 0 aliphatic carbocycles. The van der Waals surface area contributed by atoms with Gasteiger partial charge in [0.15, 0.2) is 0 Å². The molecule has 0 unspecified atom stereocenters. The summed E-state index contributed by atoms with van der Waals surface area (Å²) in [6.07, 6.45) is 3.55. The average Bonchev–Trinajstić information content (AvgIpc) is 2.12. The van der Waals surface area contributed by atoms with Gasteiger partial charge in [-0.1, -0.05) is 19.8 Å². The second-order valence-electron chi connectivity index (χ2n) is 3.66. The molecule has 0 aromatic heterocycles. The third-order valence-corrected chi connectivity index (χ3v) is 2.20. The van der Waals surface area contributed by atoms with Crippen molar-refractivity contribution in [1.82, 2.24) is 0 Å². The Balaban J connectivity index is 3.45. The lowest BCUT2D eigenvalue weighted by Gasteiger charge is -2.24. The standard InChI is InChI=1S/C9H20O3/c1-9(7-11,8-12)5-3-2-4-6-10/h10-12H,2-8H2,1H3. The maximum absolute atomic E-state index is 8.93. The first-order valence-electron chi connectivity index (χ1n) is 4.51. The number of rotatable bonds is 7. The second-order valence-corrected chi connectivity index (χ2v) is 3.66. The van der Waals surface area contributed by atoms with E-state index in [2.05, 4.69) is 0 Å². The lowest BCUT2D eigenvalue weighted by molar-refractivity contribution is 0.0603. The van der Waals surface area contributed by atoms with Crippen molar-refractivity contribution in [2.24, 2.45) is 5.41 Å². The van der Waals surface area contributed by atoms with Gasteiger partial charge in [-0.05, 0) is 12.8 Å². The highest BCUT2D eigenvalue weighted by molar-refractivity contribution is 4.71. The minimum atomic E-state index is -0.338. The second kappa shape index (κ2) is 6.40. The summed E-state index contributed by atoms with van der Waals surface area (Å²) >= 11 is 0. The van der Waals surface area contributed by atoms with Crippen LogP contribution < -0.4 is 0 Å². The van der Waals surface area contributed by atoms with Crippen LogP contribution in [0.15, 0.2) is 0 Å². The Bertz CT molecular complexity index is 99.9. The molecule has 0 aromatic carbocycles. The summed E-state index contributed by atoms with van der Waals surface area (Å²) in [6.45, 7) is 2.16. The van der Waals surface area contributed by atoms with Gasteiger partial charge in [-0.15, -0.1) is 0 Å². The molecule has 0 spiro atoms. The van der Waals surface area contributed by atoms with Gasteiger partial charge in [-0.2, -0.15) is 0 Å². The zero-order valence-electron chi connectivity index (χ0n) is 7.79. The van der Waals surface area contributed by atoms with Crippen LogP contribution in [0.4, 0.5) is 0 Å². The summed E-state index contributed by atoms with van der Waals surface area (Å²) in [7, 11) is 0. The van der Waals surface area contributed by atoms with E-state index in [1.165, 1.54) is 0 Å². The smallest absolute Gasteiger partial charge is 0.0506 e. The molecule has 12 heavy (non-hydrogen) atoms. The van der Waals surface area contributed by atoms with Crippen molar-refractivity contribution in [1.29, 1.82) is 0 Å². The molecule has 0 aromatic rings. The first kappa shape index (κ1) is 11.9. The van der Waals surface area contributed by atoms with E-state index in [-0.39, 0.29) is 25.2 Å². The average molecular weight is 176 g/mol. The molecule has 3 N–H and O–H groups in total. The fourth-order valence-electron chi connectivity index (χ4n) is 1.05. The van der Waals surface area contributed by atoms with Crippen LogP contribution in [0, 0.1) is 5.41 Å². The largest absolute Gasteiger partial charge is 0.396 e. The van der Waals surface area contributed by atoms with Gasteiger partial charge in [-0.3, -0.25) is 0 Å². The van der Waals surface area contributed by atoms with Crippen molar-refractivity contribution in [2.75, 3.05) is 19.8 Å². The van der Waals surface area contributed by atoms with Gasteiger partial charge in [-0.25, -0.2) is 0 Å². The van der Waals surface area contributed by atoms with Gasteiger partial charge in [0.25, 0.3) is 0 Å². The summed E-state index contributed by atoms with van der Waals surface area (Å²) in [5.41, 5.74) is -0.338. The van der Waals surface area contributed by atoms with E-state index >= 15 is 0 Å². The Morgan fingerprint density at radius 1 is 0.917 bits per heavy atom. The van der Waals surface area contributed by atoms with Gasteiger partial charge in [0, 0.05) is 12.0 Å². The van der Waals surface area contributed by atoms with Gasteiger partial charge in [0.05, 0.1) is 13.2 Å². The molecular formula is C9H20O3. The van der Waals surface area contributed by atoms with Gasteiger partial charge in [0.2, 0.25) is 0 Å². The maximum atomic E-state index is 8.93. The summed E-state index contributed by atoms with van der Waals surface area (Å²) in [5.74, 6) is 0. The normalized spacial score (nSPS) is 12.0. The number of hydrogen-bond donors (Lipinski definition) is 3. The summed E-state index contributed by atoms with van der Waals surface area (Å²) in [6, 6.07) is 0. The lowest BCUT2D eigenvalue weighted by atomic mass is 9.86. The molecule has 3 nitrogen and oxygen atoms in total. The molecule has 0 amide bonds. The summed E-state index contributed by atoms with van der Waals surface area (Å²) in [4.78, 5) is 0. The topological polar surface area (TPSA) is 60.7 Å². The molecule has 0 saturated heterocycles. The van der Waals surface area contributed by atoms with Crippen molar-refractivity contribution in [2.45, 2.75) is 32.6 Å². The van der Waals surface area contributed by atoms with E-state index in [9.17, 15) is 0 Å². The first-order valence-corrected chi connectivity index (χ1v) is 4.51. The molecule has 0 rings (SSSR count). The third kappa shape index (κ3) is 4.70. The highest BCUT2D eigenvalue weighted by Crippen LogP contribution is 2.22. The van der Waals surface area contributed by atoms with Crippen LogP contribution in [0.3, 0.4) is 0 Å². The molecule has 0 heterocycles. The molecule has 0 saturated carbocycles. The SMILES string of the molecule is CC(CO)(CO)CCCCCO. The van der Waals surface area contributed by atoms with E-state index in [4.69, 9.17) is 15.3 Å². The Hall–Kier alpha value is -0.120. The molecule has 0 radical (unpaired) electrons. The Morgan fingerprint density at radius 2 is 1.50 bits per heavy atom. The van der Waals surface area contributed by atoms with E-state index in [1.54, 1.807) is 0 Å². The molecule has 0 bridgehead atoms. The van der Waals surface area contributed by atoms with Crippen LogP contribution in [0.25, 0.3) is 0 Å². The van der Waals surface area contributed by atoms with Crippen molar-refractivity contribution >= 4 is 0 Å². The van der Waals surface area contributed by atoms with Crippen LogP contribution in [0.1, 0.15) is 32.6 Å². The number of aliphatic hydroxyl groups is 3. The maximum Gasteiger partial charge on any atom is 0.0506 e. The predicted octanol–water partition coefficient (Wildman–Crippen LogP) is 0.530. The van der Waals surface area contributed by atoms with E-state index in [0.29, 0.717) is 0 Å². The van der Waals surface area contributed by atoms with Crippen LogP contribution in [0.5, 0.6) is 0 Å². The molecule has 0 fully saturated rings. The van der Waals surface area contributed by atoms with Gasteiger partial charge >= 0.3 is 0 Å². The number of hydrogen-bond acceptors (Lipinski definition) is 3. The van der Waals surface area contributed by atoms with E-state index in [0.717, 1.165) is 25.7 Å². The highest BCUT2D eigenvalue weighted by atomic mass is 16.3. The molecule has 3 heteroatoms. The third-order valence-electron chi connectivity index (χ3n) is 2.20. The number of aliphatic hydroxyl groups excluding tert-OH is 3. The van der Waals surface area contributed by atoms with Crippen LogP contribution >= 0.6 is 0 Å². The minimum absolute atomic E-state index is 0.0304.